The summed E-state index contributed by atoms with van der Waals surface area (Å²) in [5.74, 6) is -0.259. The third-order valence-corrected chi connectivity index (χ3v) is 1.48. The zero-order chi connectivity index (χ0) is 9.52. The first-order chi connectivity index (χ1) is 6.33. The van der Waals surface area contributed by atoms with Crippen LogP contribution in [0.25, 0.3) is 0 Å². The molecule has 0 saturated carbocycles. The topological polar surface area (TPSA) is 29.4 Å². The third-order valence-electron chi connectivity index (χ3n) is 1.48. The SMILES string of the molecule is O=C=N/C=C\Cc1cccc(F)c1. The van der Waals surface area contributed by atoms with Crippen LogP contribution in [0.2, 0.25) is 0 Å². The summed E-state index contributed by atoms with van der Waals surface area (Å²) < 4.78 is 12.6. The first-order valence-corrected chi connectivity index (χ1v) is 3.79. The number of benzene rings is 1. The van der Waals surface area contributed by atoms with Crippen molar-refractivity contribution in [2.45, 2.75) is 6.42 Å². The smallest absolute Gasteiger partial charge is 0.211 e. The molecule has 0 aromatic heterocycles. The third kappa shape index (κ3) is 3.45. The van der Waals surface area contributed by atoms with Crippen molar-refractivity contribution in [3.63, 3.8) is 0 Å². The van der Waals surface area contributed by atoms with Gasteiger partial charge < -0.3 is 0 Å². The fourth-order valence-corrected chi connectivity index (χ4v) is 0.936. The van der Waals surface area contributed by atoms with Crippen LogP contribution in [0, 0.1) is 5.82 Å². The Balaban J connectivity index is 2.59. The first-order valence-electron chi connectivity index (χ1n) is 3.79. The highest BCUT2D eigenvalue weighted by Crippen LogP contribution is 2.04. The summed E-state index contributed by atoms with van der Waals surface area (Å²) in [7, 11) is 0. The van der Waals surface area contributed by atoms with Gasteiger partial charge in [0, 0.05) is 6.20 Å². The summed E-state index contributed by atoms with van der Waals surface area (Å²) in [5, 5.41) is 0. The van der Waals surface area contributed by atoms with Crippen LogP contribution in [0.3, 0.4) is 0 Å². The summed E-state index contributed by atoms with van der Waals surface area (Å²) in [6.07, 6.45) is 4.95. The maximum Gasteiger partial charge on any atom is 0.239 e. The van der Waals surface area contributed by atoms with Gasteiger partial charge in [0.25, 0.3) is 0 Å². The highest BCUT2D eigenvalue weighted by molar-refractivity contribution is 5.34. The molecule has 0 saturated heterocycles. The number of nitrogens with zero attached hydrogens (tertiary/aromatic N) is 1. The molecule has 0 aliphatic heterocycles. The van der Waals surface area contributed by atoms with Crippen LogP contribution < -0.4 is 0 Å². The lowest BCUT2D eigenvalue weighted by Crippen LogP contribution is -1.81. The van der Waals surface area contributed by atoms with Gasteiger partial charge in [-0.2, -0.15) is 4.99 Å². The number of carbonyl (C=O) groups excluding carboxylic acids is 1. The Morgan fingerprint density at radius 3 is 3.08 bits per heavy atom. The lowest BCUT2D eigenvalue weighted by atomic mass is 10.1. The van der Waals surface area contributed by atoms with E-state index in [9.17, 15) is 9.18 Å². The molecule has 0 N–H and O–H groups in total. The predicted octanol–water partition coefficient (Wildman–Crippen LogP) is 2.22. The molecular formula is C10H8FNO. The van der Waals surface area contributed by atoms with Gasteiger partial charge in [0.15, 0.2) is 0 Å². The van der Waals surface area contributed by atoms with Crippen LogP contribution in [-0.4, -0.2) is 6.08 Å². The number of isocyanates is 1. The Hall–Kier alpha value is -1.73. The highest BCUT2D eigenvalue weighted by atomic mass is 19.1. The van der Waals surface area contributed by atoms with Gasteiger partial charge in [-0.25, -0.2) is 9.18 Å². The van der Waals surface area contributed by atoms with Crippen LogP contribution >= 0.6 is 0 Å². The van der Waals surface area contributed by atoms with Crippen molar-refractivity contribution in [2.24, 2.45) is 4.99 Å². The molecule has 2 nitrogen and oxygen atoms in total. The van der Waals surface area contributed by atoms with E-state index in [1.807, 2.05) is 0 Å². The molecule has 1 aromatic rings. The molecule has 0 unspecified atom stereocenters. The number of halogens is 1. The standard InChI is InChI=1S/C10H8FNO/c11-10-5-1-3-9(7-10)4-2-6-12-8-13/h1-3,5-7H,4H2/b6-2-. The van der Waals surface area contributed by atoms with Crippen LogP contribution in [0.5, 0.6) is 0 Å². The Bertz CT molecular complexity index is 354. The molecule has 0 amide bonds. The molecule has 1 aromatic carbocycles. The largest absolute Gasteiger partial charge is 0.239 e. The van der Waals surface area contributed by atoms with Gasteiger partial charge in [0.1, 0.15) is 5.82 Å². The second kappa shape index (κ2) is 5.01. The van der Waals surface area contributed by atoms with Gasteiger partial charge in [0.05, 0.1) is 0 Å². The second-order valence-corrected chi connectivity index (χ2v) is 2.44. The molecule has 0 heterocycles. The molecule has 0 aliphatic carbocycles. The van der Waals surface area contributed by atoms with Crippen LogP contribution in [-0.2, 0) is 11.2 Å². The molecule has 13 heavy (non-hydrogen) atoms. The van der Waals surface area contributed by atoms with E-state index >= 15 is 0 Å². The van der Waals surface area contributed by atoms with Crippen molar-refractivity contribution in [3.8, 4) is 0 Å². The van der Waals surface area contributed by atoms with Gasteiger partial charge in [-0.15, -0.1) is 0 Å². The maximum absolute atomic E-state index is 12.6. The normalized spacial score (nSPS) is 9.92. The van der Waals surface area contributed by atoms with E-state index < -0.39 is 0 Å². The molecule has 1 rings (SSSR count). The average molecular weight is 177 g/mol. The van der Waals surface area contributed by atoms with E-state index in [-0.39, 0.29) is 5.82 Å². The molecule has 66 valence electrons. The fraction of sp³-hybridized carbons (Fsp3) is 0.100. The van der Waals surface area contributed by atoms with Crippen molar-refractivity contribution in [1.82, 2.24) is 0 Å². The predicted molar refractivity (Wildman–Crippen MR) is 47.4 cm³/mol. The summed E-state index contributed by atoms with van der Waals surface area (Å²) >= 11 is 0. The lowest BCUT2D eigenvalue weighted by molar-refractivity contribution is 0.565. The van der Waals surface area contributed by atoms with E-state index in [1.54, 1.807) is 18.2 Å². The van der Waals surface area contributed by atoms with Gasteiger partial charge in [-0.1, -0.05) is 18.2 Å². The van der Waals surface area contributed by atoms with Gasteiger partial charge >= 0.3 is 0 Å². The van der Waals surface area contributed by atoms with Gasteiger partial charge in [0.2, 0.25) is 6.08 Å². The number of hydrogen-bond donors (Lipinski definition) is 0. The number of allylic oxidation sites excluding steroid dienone is 1. The molecule has 0 fully saturated rings. The fourth-order valence-electron chi connectivity index (χ4n) is 0.936. The van der Waals surface area contributed by atoms with Gasteiger partial charge in [-0.05, 0) is 24.1 Å². The Kier molecular flexibility index (Phi) is 3.61. The molecule has 3 heteroatoms. The van der Waals surface area contributed by atoms with Crippen molar-refractivity contribution < 1.29 is 9.18 Å². The minimum Gasteiger partial charge on any atom is -0.211 e. The van der Waals surface area contributed by atoms with Crippen LogP contribution in [0.15, 0.2) is 41.5 Å². The van der Waals surface area contributed by atoms with E-state index in [4.69, 9.17) is 0 Å². The Morgan fingerprint density at radius 2 is 2.38 bits per heavy atom. The Morgan fingerprint density at radius 1 is 1.54 bits per heavy atom. The first kappa shape index (κ1) is 9.36. The zero-order valence-corrected chi connectivity index (χ0v) is 6.90. The maximum atomic E-state index is 12.6. The number of rotatable bonds is 3. The van der Waals surface area contributed by atoms with E-state index in [1.165, 1.54) is 24.4 Å². The summed E-state index contributed by atoms with van der Waals surface area (Å²) in [6.45, 7) is 0. The molecule has 0 atom stereocenters. The van der Waals surface area contributed by atoms with Crippen LogP contribution in [0.4, 0.5) is 4.39 Å². The van der Waals surface area contributed by atoms with Crippen LogP contribution in [0.1, 0.15) is 5.56 Å². The lowest BCUT2D eigenvalue weighted by Gasteiger charge is -1.94. The second-order valence-electron chi connectivity index (χ2n) is 2.44. The Labute approximate surface area is 75.4 Å². The summed E-state index contributed by atoms with van der Waals surface area (Å²) in [5.41, 5.74) is 0.845. The molecule has 0 spiro atoms. The molecule has 0 bridgehead atoms. The number of aliphatic imine (C=N–C) groups is 1. The minimum atomic E-state index is -0.259. The average Bonchev–Trinajstić information content (AvgIpc) is 2.13. The quantitative estimate of drug-likeness (QED) is 0.514. The van der Waals surface area contributed by atoms with Crippen molar-refractivity contribution in [2.75, 3.05) is 0 Å². The zero-order valence-electron chi connectivity index (χ0n) is 6.90. The summed E-state index contributed by atoms with van der Waals surface area (Å²) in [6, 6.07) is 6.27. The monoisotopic (exact) mass is 177 g/mol. The number of hydrogen-bond acceptors (Lipinski definition) is 2. The van der Waals surface area contributed by atoms with E-state index in [0.29, 0.717) is 6.42 Å². The van der Waals surface area contributed by atoms with Crippen molar-refractivity contribution in [1.29, 1.82) is 0 Å². The van der Waals surface area contributed by atoms with Crippen molar-refractivity contribution >= 4 is 6.08 Å². The van der Waals surface area contributed by atoms with Crippen molar-refractivity contribution in [3.05, 3.63) is 47.9 Å². The highest BCUT2D eigenvalue weighted by Gasteiger charge is 1.91. The molecule has 0 aliphatic rings. The van der Waals surface area contributed by atoms with Gasteiger partial charge in [-0.3, -0.25) is 0 Å². The van der Waals surface area contributed by atoms with E-state index in [0.717, 1.165) is 5.56 Å². The van der Waals surface area contributed by atoms with E-state index in [2.05, 4.69) is 4.99 Å². The minimum absolute atomic E-state index is 0.259. The molecule has 0 radical (unpaired) electrons. The summed E-state index contributed by atoms with van der Waals surface area (Å²) in [4.78, 5) is 12.9. The molecular weight excluding hydrogens is 169 g/mol.